The fourth-order valence-corrected chi connectivity index (χ4v) is 4.98. The number of benzene rings is 1. The van der Waals surface area contributed by atoms with Crippen LogP contribution in [0.4, 0.5) is 0 Å². The van der Waals surface area contributed by atoms with E-state index in [0.717, 1.165) is 68.7 Å². The van der Waals surface area contributed by atoms with E-state index in [4.69, 9.17) is 4.98 Å². The van der Waals surface area contributed by atoms with Gasteiger partial charge in [-0.25, -0.2) is 4.98 Å². The lowest BCUT2D eigenvalue weighted by atomic mass is 9.80. The van der Waals surface area contributed by atoms with Crippen LogP contribution in [0.15, 0.2) is 12.1 Å². The molecule has 2 amide bonds. The Morgan fingerprint density at radius 1 is 0.966 bits per heavy atom. The SMILES string of the molecule is CN1CCC(N2C(=O)c3cc4nc(C5(C)CCN(C)CC5)[nH]c4cc3C2=O)CC1. The van der Waals surface area contributed by atoms with Crippen molar-refractivity contribution in [3.63, 3.8) is 0 Å². The molecule has 7 nitrogen and oxygen atoms in total. The summed E-state index contributed by atoms with van der Waals surface area (Å²) in [5.74, 6) is 0.663. The molecule has 1 aromatic carbocycles. The summed E-state index contributed by atoms with van der Waals surface area (Å²) in [4.78, 5) is 40.6. The molecule has 3 aliphatic heterocycles. The lowest BCUT2D eigenvalue weighted by Crippen LogP contribution is -2.46. The van der Waals surface area contributed by atoms with Gasteiger partial charge in [0.05, 0.1) is 22.2 Å². The van der Waals surface area contributed by atoms with Crippen LogP contribution >= 0.6 is 0 Å². The number of likely N-dealkylation sites (tertiary alicyclic amines) is 2. The first-order chi connectivity index (χ1) is 13.9. The van der Waals surface area contributed by atoms with Gasteiger partial charge in [-0.05, 0) is 78.1 Å². The fourth-order valence-electron chi connectivity index (χ4n) is 4.98. The number of carbonyl (C=O) groups excluding carboxylic acids is 2. The Labute approximate surface area is 171 Å². The van der Waals surface area contributed by atoms with Gasteiger partial charge in [0, 0.05) is 11.5 Å². The largest absolute Gasteiger partial charge is 0.341 e. The van der Waals surface area contributed by atoms with E-state index in [-0.39, 0.29) is 23.3 Å². The Hall–Kier alpha value is -2.25. The minimum absolute atomic E-state index is 0.00129. The van der Waals surface area contributed by atoms with Gasteiger partial charge in [-0.15, -0.1) is 0 Å². The third-order valence-corrected chi connectivity index (χ3v) is 7.24. The van der Waals surface area contributed by atoms with Gasteiger partial charge < -0.3 is 14.8 Å². The van der Waals surface area contributed by atoms with E-state index in [1.807, 2.05) is 12.1 Å². The van der Waals surface area contributed by atoms with Crippen molar-refractivity contribution in [2.45, 2.75) is 44.1 Å². The molecule has 2 saturated heterocycles. The van der Waals surface area contributed by atoms with Gasteiger partial charge in [0.25, 0.3) is 11.8 Å². The van der Waals surface area contributed by atoms with Crippen molar-refractivity contribution < 1.29 is 9.59 Å². The molecule has 1 aromatic heterocycles. The van der Waals surface area contributed by atoms with Crippen LogP contribution in [0.5, 0.6) is 0 Å². The maximum atomic E-state index is 13.1. The molecule has 1 N–H and O–H groups in total. The van der Waals surface area contributed by atoms with Crippen LogP contribution in [0, 0.1) is 0 Å². The lowest BCUT2D eigenvalue weighted by molar-refractivity contribution is 0.0516. The average Bonchev–Trinajstić information content (AvgIpc) is 3.24. The number of rotatable bonds is 2. The molecule has 0 saturated carbocycles. The van der Waals surface area contributed by atoms with E-state index >= 15 is 0 Å². The number of hydrogen-bond acceptors (Lipinski definition) is 5. The molecular weight excluding hydrogens is 366 g/mol. The van der Waals surface area contributed by atoms with E-state index in [0.29, 0.717) is 11.1 Å². The zero-order chi connectivity index (χ0) is 20.3. The number of hydrogen-bond donors (Lipinski definition) is 1. The number of nitrogens with one attached hydrogen (secondary N) is 1. The predicted octanol–water partition coefficient (Wildman–Crippen LogP) is 2.24. The Bertz CT molecular complexity index is 927. The van der Waals surface area contributed by atoms with Crippen molar-refractivity contribution in [3.05, 3.63) is 29.1 Å². The topological polar surface area (TPSA) is 72.5 Å². The highest BCUT2D eigenvalue weighted by Crippen LogP contribution is 2.36. The molecule has 29 heavy (non-hydrogen) atoms. The molecule has 0 unspecified atom stereocenters. The van der Waals surface area contributed by atoms with E-state index in [2.05, 4.69) is 35.8 Å². The van der Waals surface area contributed by atoms with Gasteiger partial charge >= 0.3 is 0 Å². The minimum atomic E-state index is -0.156. The highest BCUT2D eigenvalue weighted by atomic mass is 16.2. The molecule has 2 aromatic rings. The molecule has 0 radical (unpaired) electrons. The number of fused-ring (bicyclic) bond motifs is 2. The van der Waals surface area contributed by atoms with Gasteiger partial charge in [-0.1, -0.05) is 6.92 Å². The van der Waals surface area contributed by atoms with Gasteiger partial charge in [0.1, 0.15) is 5.82 Å². The second kappa shape index (κ2) is 6.64. The van der Waals surface area contributed by atoms with E-state index < -0.39 is 0 Å². The normalized spacial score (nSPS) is 23.9. The highest BCUT2D eigenvalue weighted by Gasteiger charge is 2.41. The number of imide groups is 1. The highest BCUT2D eigenvalue weighted by molar-refractivity contribution is 6.23. The number of imidazole rings is 1. The van der Waals surface area contributed by atoms with Crippen LogP contribution in [0.2, 0.25) is 0 Å². The standard InChI is InChI=1S/C22H29N5O2/c1-22(6-10-26(3)11-7-22)21-23-17-12-15-16(13-18(17)24-21)20(29)27(19(15)28)14-4-8-25(2)9-5-14/h12-14H,4-11H2,1-3H3,(H,23,24). The van der Waals surface area contributed by atoms with Crippen LogP contribution in [0.1, 0.15) is 59.1 Å². The third kappa shape index (κ3) is 2.99. The summed E-state index contributed by atoms with van der Waals surface area (Å²) in [5.41, 5.74) is 2.66. The van der Waals surface area contributed by atoms with E-state index in [1.54, 1.807) is 0 Å². The maximum absolute atomic E-state index is 13.1. The summed E-state index contributed by atoms with van der Waals surface area (Å²) in [6.07, 6.45) is 3.78. The van der Waals surface area contributed by atoms with Crippen molar-refractivity contribution in [3.8, 4) is 0 Å². The maximum Gasteiger partial charge on any atom is 0.261 e. The van der Waals surface area contributed by atoms with Crippen LogP contribution in [-0.2, 0) is 5.41 Å². The van der Waals surface area contributed by atoms with E-state index in [1.165, 1.54) is 4.90 Å². The van der Waals surface area contributed by atoms with Crippen molar-refractivity contribution in [1.82, 2.24) is 24.7 Å². The van der Waals surface area contributed by atoms with Crippen LogP contribution in [-0.4, -0.2) is 82.8 Å². The van der Waals surface area contributed by atoms with Crippen molar-refractivity contribution in [1.29, 1.82) is 0 Å². The number of carbonyl (C=O) groups is 2. The molecule has 7 heteroatoms. The number of aromatic amines is 1. The predicted molar refractivity (Wildman–Crippen MR) is 111 cm³/mol. The number of H-pyrrole nitrogens is 1. The molecule has 0 spiro atoms. The first kappa shape index (κ1) is 18.8. The Morgan fingerprint density at radius 2 is 1.55 bits per heavy atom. The molecule has 4 heterocycles. The third-order valence-electron chi connectivity index (χ3n) is 7.24. The first-order valence-corrected chi connectivity index (χ1v) is 10.6. The number of amides is 2. The van der Waals surface area contributed by atoms with E-state index in [9.17, 15) is 9.59 Å². The molecular formula is C22H29N5O2. The summed E-state index contributed by atoms with van der Waals surface area (Å²) in [6, 6.07) is 3.66. The second-order valence-electron chi connectivity index (χ2n) is 9.38. The van der Waals surface area contributed by atoms with Gasteiger partial charge in [0.2, 0.25) is 0 Å². The smallest absolute Gasteiger partial charge is 0.261 e. The van der Waals surface area contributed by atoms with Crippen LogP contribution < -0.4 is 0 Å². The van der Waals surface area contributed by atoms with Crippen molar-refractivity contribution in [2.75, 3.05) is 40.3 Å². The minimum Gasteiger partial charge on any atom is -0.341 e. The fraction of sp³-hybridized carbons (Fsp3) is 0.591. The zero-order valence-corrected chi connectivity index (χ0v) is 17.5. The number of nitrogens with zero attached hydrogens (tertiary/aromatic N) is 4. The summed E-state index contributed by atoms with van der Waals surface area (Å²) >= 11 is 0. The molecule has 2 fully saturated rings. The Kier molecular flexibility index (Phi) is 4.29. The first-order valence-electron chi connectivity index (χ1n) is 10.6. The molecule has 154 valence electrons. The Balaban J connectivity index is 1.46. The van der Waals surface area contributed by atoms with Crippen LogP contribution in [0.3, 0.4) is 0 Å². The number of aromatic nitrogens is 2. The summed E-state index contributed by atoms with van der Waals surface area (Å²) in [6.45, 7) is 6.18. The molecule has 0 atom stereocenters. The molecule has 3 aliphatic rings. The summed E-state index contributed by atoms with van der Waals surface area (Å²) < 4.78 is 0. The Morgan fingerprint density at radius 3 is 2.21 bits per heavy atom. The van der Waals surface area contributed by atoms with Crippen molar-refractivity contribution in [2.24, 2.45) is 0 Å². The zero-order valence-electron chi connectivity index (χ0n) is 17.5. The summed E-state index contributed by atoms with van der Waals surface area (Å²) in [7, 11) is 4.23. The number of piperidine rings is 2. The van der Waals surface area contributed by atoms with Gasteiger partial charge in [0.15, 0.2) is 0 Å². The second-order valence-corrected chi connectivity index (χ2v) is 9.38. The molecule has 5 rings (SSSR count). The lowest BCUT2D eigenvalue weighted by Gasteiger charge is -2.36. The molecule has 0 bridgehead atoms. The summed E-state index contributed by atoms with van der Waals surface area (Å²) in [5, 5.41) is 0. The molecule has 0 aliphatic carbocycles. The quantitative estimate of drug-likeness (QED) is 0.790. The monoisotopic (exact) mass is 395 g/mol. The van der Waals surface area contributed by atoms with Crippen LogP contribution in [0.25, 0.3) is 11.0 Å². The van der Waals surface area contributed by atoms with Gasteiger partial charge in [-0.3, -0.25) is 14.5 Å². The van der Waals surface area contributed by atoms with Crippen molar-refractivity contribution >= 4 is 22.8 Å². The average molecular weight is 396 g/mol. The van der Waals surface area contributed by atoms with Gasteiger partial charge in [-0.2, -0.15) is 0 Å².